The van der Waals surface area contributed by atoms with Crippen molar-refractivity contribution in [2.75, 3.05) is 0 Å². The molecule has 2 aromatic heterocycles. The molecule has 2 heterocycles. The van der Waals surface area contributed by atoms with E-state index in [0.29, 0.717) is 61.9 Å². The molecule has 0 aliphatic heterocycles. The van der Waals surface area contributed by atoms with Crippen LogP contribution in [0, 0.1) is 25.2 Å². The van der Waals surface area contributed by atoms with Crippen molar-refractivity contribution in [2.45, 2.75) is 32.4 Å². The van der Waals surface area contributed by atoms with Gasteiger partial charge in [-0.1, -0.05) is 42.5 Å². The minimum atomic E-state index is -5.12. The molecule has 0 fully saturated rings. The monoisotopic (exact) mass is 729 g/mol. The maximum absolute atomic E-state index is 14.1. The Hall–Kier alpha value is -6.09. The van der Waals surface area contributed by atoms with Crippen LogP contribution in [-0.4, -0.2) is 9.55 Å². The van der Waals surface area contributed by atoms with E-state index in [-0.39, 0.29) is 33.8 Å². The van der Waals surface area contributed by atoms with E-state index in [1.54, 1.807) is 78.5 Å². The molecule has 7 rings (SSSR count). The Morgan fingerprint density at radius 3 is 1.53 bits per heavy atom. The first kappa shape index (κ1) is 35.3. The lowest BCUT2D eigenvalue weighted by Gasteiger charge is -2.19. The largest absolute Gasteiger partial charge is 0.416 e. The van der Waals surface area contributed by atoms with Gasteiger partial charge in [-0.05, 0) is 102 Å². The molecule has 0 aliphatic rings. The van der Waals surface area contributed by atoms with Crippen LogP contribution in [-0.2, 0) is 18.5 Å². The summed E-state index contributed by atoms with van der Waals surface area (Å²) >= 11 is 0. The van der Waals surface area contributed by atoms with Crippen molar-refractivity contribution in [1.29, 1.82) is 5.26 Å². The van der Waals surface area contributed by atoms with Gasteiger partial charge in [0.2, 0.25) is 0 Å². The van der Waals surface area contributed by atoms with Gasteiger partial charge in [0.25, 0.3) is 0 Å². The number of benzene rings is 5. The number of para-hydroxylation sites is 2. The van der Waals surface area contributed by atoms with Gasteiger partial charge in [0.05, 0.1) is 45.0 Å². The first-order chi connectivity index (χ1) is 25.0. The number of fused-ring (bicyclic) bond motifs is 3. The van der Waals surface area contributed by atoms with E-state index in [9.17, 15) is 44.8 Å². The highest BCUT2D eigenvalue weighted by molar-refractivity contribution is 6.17. The summed E-state index contributed by atoms with van der Waals surface area (Å²) in [7, 11) is 0. The maximum Gasteiger partial charge on any atom is 0.416 e. The number of hydrogen-bond donors (Lipinski definition) is 0. The topological polar surface area (TPSA) is 41.6 Å². The summed E-state index contributed by atoms with van der Waals surface area (Å²) < 4.78 is 128. The minimum Gasteiger partial charge on any atom is -0.308 e. The molecule has 0 aliphatic carbocycles. The summed E-state index contributed by atoms with van der Waals surface area (Å²) in [5.74, 6) is 0. The normalized spacial score (nSPS) is 12.4. The lowest BCUT2D eigenvalue weighted by atomic mass is 9.96. The fraction of sp³-hybridized carbons (Fsp3) is 0.122. The van der Waals surface area contributed by atoms with Crippen molar-refractivity contribution >= 4 is 21.8 Å². The second-order valence-electron chi connectivity index (χ2n) is 12.7. The Morgan fingerprint density at radius 2 is 1.04 bits per heavy atom. The molecule has 0 unspecified atom stereocenters. The molecule has 7 aromatic rings. The molecule has 266 valence electrons. The van der Waals surface area contributed by atoms with Crippen molar-refractivity contribution in [3.05, 3.63) is 143 Å². The van der Waals surface area contributed by atoms with Crippen LogP contribution in [0.1, 0.15) is 33.4 Å². The van der Waals surface area contributed by atoms with E-state index >= 15 is 0 Å². The van der Waals surface area contributed by atoms with Crippen molar-refractivity contribution in [3.63, 3.8) is 0 Å². The van der Waals surface area contributed by atoms with Crippen LogP contribution in [0.2, 0.25) is 0 Å². The Morgan fingerprint density at radius 1 is 0.547 bits per heavy atom. The molecule has 0 saturated carbocycles. The van der Waals surface area contributed by atoms with Gasteiger partial charge in [-0.25, -0.2) is 0 Å². The average Bonchev–Trinajstić information content (AvgIpc) is 3.45. The molecule has 0 atom stereocenters. The third-order valence-corrected chi connectivity index (χ3v) is 9.11. The second-order valence-corrected chi connectivity index (χ2v) is 12.7. The molecule has 53 heavy (non-hydrogen) atoms. The van der Waals surface area contributed by atoms with E-state index in [1.807, 2.05) is 0 Å². The molecular formula is C41H24F9N3. The van der Waals surface area contributed by atoms with Crippen molar-refractivity contribution < 1.29 is 39.5 Å². The highest BCUT2D eigenvalue weighted by Gasteiger charge is 2.37. The number of hydrogen-bond acceptors (Lipinski definition) is 2. The third-order valence-electron chi connectivity index (χ3n) is 9.11. The van der Waals surface area contributed by atoms with E-state index < -0.39 is 35.2 Å². The van der Waals surface area contributed by atoms with Gasteiger partial charge in [-0.2, -0.15) is 44.8 Å². The predicted molar refractivity (Wildman–Crippen MR) is 184 cm³/mol. The lowest BCUT2D eigenvalue weighted by Crippen LogP contribution is -2.11. The fourth-order valence-electron chi connectivity index (χ4n) is 6.84. The van der Waals surface area contributed by atoms with Crippen molar-refractivity contribution in [2.24, 2.45) is 0 Å². The number of alkyl halides is 9. The molecule has 0 saturated heterocycles. The minimum absolute atomic E-state index is 0.00223. The molecule has 5 aromatic carbocycles. The number of rotatable bonds is 4. The van der Waals surface area contributed by atoms with Gasteiger partial charge in [-0.15, -0.1) is 0 Å². The molecule has 0 bridgehead atoms. The van der Waals surface area contributed by atoms with Gasteiger partial charge < -0.3 is 4.57 Å². The molecule has 0 radical (unpaired) electrons. The standard InChI is InChI=1S/C41H24F9N3/c1-22-13-25(16-28(14-22)39(42,43)44)31-5-3-7-33-34-8-4-6-32(26-17-29(40(45,46)47)20-30(18-26)41(48,49)50)38(34)53(37(31)33)36-19-27(21-51)35(15-23(36)2)24-9-11-52-12-10-24/h3-20H,1-2H3. The van der Waals surface area contributed by atoms with E-state index in [0.717, 1.165) is 12.1 Å². The van der Waals surface area contributed by atoms with Crippen LogP contribution in [0.5, 0.6) is 0 Å². The van der Waals surface area contributed by atoms with Gasteiger partial charge in [0.15, 0.2) is 0 Å². The van der Waals surface area contributed by atoms with Crippen LogP contribution in [0.25, 0.3) is 60.9 Å². The SMILES string of the molecule is Cc1cc(-c2cccc3c4cccc(-c5cc(C(F)(F)F)cc(C(F)(F)F)c5)c4n(-c4cc(C#N)c(-c5ccncc5)cc4C)c23)cc(C(F)(F)F)c1. The molecule has 0 amide bonds. The first-order valence-corrected chi connectivity index (χ1v) is 16.0. The number of nitriles is 1. The second kappa shape index (κ2) is 12.5. The maximum atomic E-state index is 14.1. The molecule has 0 N–H and O–H groups in total. The number of aromatic nitrogens is 2. The summed E-state index contributed by atoms with van der Waals surface area (Å²) in [6.07, 6.45) is -11.8. The fourth-order valence-corrected chi connectivity index (χ4v) is 6.84. The zero-order chi connectivity index (χ0) is 38.0. The van der Waals surface area contributed by atoms with E-state index in [4.69, 9.17) is 0 Å². The van der Waals surface area contributed by atoms with Gasteiger partial charge in [-0.3, -0.25) is 4.98 Å². The van der Waals surface area contributed by atoms with Crippen LogP contribution < -0.4 is 0 Å². The molecule has 0 spiro atoms. The highest BCUT2D eigenvalue weighted by atomic mass is 19.4. The average molecular weight is 730 g/mol. The summed E-state index contributed by atoms with van der Waals surface area (Å²) in [5, 5.41) is 11.2. The molecular weight excluding hydrogens is 705 g/mol. The lowest BCUT2D eigenvalue weighted by molar-refractivity contribution is -0.143. The van der Waals surface area contributed by atoms with Crippen LogP contribution in [0.3, 0.4) is 0 Å². The smallest absolute Gasteiger partial charge is 0.308 e. The van der Waals surface area contributed by atoms with Gasteiger partial charge >= 0.3 is 18.5 Å². The summed E-state index contributed by atoms with van der Waals surface area (Å²) in [5.41, 5.74) is -0.689. The number of aryl methyl sites for hydroxylation is 2. The summed E-state index contributed by atoms with van der Waals surface area (Å²) in [6, 6.07) is 23.2. The Bertz CT molecular complexity index is 2570. The number of pyridine rings is 1. The number of nitrogens with zero attached hydrogens (tertiary/aromatic N) is 3. The van der Waals surface area contributed by atoms with Crippen LogP contribution >= 0.6 is 0 Å². The summed E-state index contributed by atoms with van der Waals surface area (Å²) in [4.78, 5) is 4.02. The Kier molecular flexibility index (Phi) is 8.36. The zero-order valence-electron chi connectivity index (χ0n) is 27.6. The Balaban J connectivity index is 1.66. The van der Waals surface area contributed by atoms with Gasteiger partial charge in [0.1, 0.15) is 0 Å². The molecule has 12 heteroatoms. The van der Waals surface area contributed by atoms with Crippen LogP contribution in [0.4, 0.5) is 39.5 Å². The predicted octanol–water partition coefficient (Wildman–Crippen LogP) is 12.7. The third kappa shape index (κ3) is 6.37. The van der Waals surface area contributed by atoms with Crippen LogP contribution in [0.15, 0.2) is 109 Å². The Labute approximate surface area is 296 Å². The van der Waals surface area contributed by atoms with Crippen molar-refractivity contribution in [1.82, 2.24) is 9.55 Å². The summed E-state index contributed by atoms with van der Waals surface area (Å²) in [6.45, 7) is 3.24. The first-order valence-electron chi connectivity index (χ1n) is 16.0. The quantitative estimate of drug-likeness (QED) is 0.169. The van der Waals surface area contributed by atoms with Crippen molar-refractivity contribution in [3.8, 4) is 45.1 Å². The van der Waals surface area contributed by atoms with Gasteiger partial charge in [0, 0.05) is 34.3 Å². The van der Waals surface area contributed by atoms with E-state index in [2.05, 4.69) is 11.1 Å². The molecule has 3 nitrogen and oxygen atoms in total. The number of halogens is 9. The van der Waals surface area contributed by atoms with E-state index in [1.165, 1.54) is 19.1 Å². The zero-order valence-corrected chi connectivity index (χ0v) is 27.6. The highest BCUT2D eigenvalue weighted by Crippen LogP contribution is 2.46.